The van der Waals surface area contributed by atoms with E-state index in [2.05, 4.69) is 0 Å². The summed E-state index contributed by atoms with van der Waals surface area (Å²) in [6.07, 6.45) is -0.936. The van der Waals surface area contributed by atoms with Gasteiger partial charge in [-0.15, -0.1) is 0 Å². The molecule has 0 radical (unpaired) electrons. The predicted octanol–water partition coefficient (Wildman–Crippen LogP) is -0.436. The van der Waals surface area contributed by atoms with Gasteiger partial charge in [0.2, 0.25) is 5.91 Å². The summed E-state index contributed by atoms with van der Waals surface area (Å²) in [5, 5.41) is 8.38. The minimum absolute atomic E-state index is 0.194. The summed E-state index contributed by atoms with van der Waals surface area (Å²) < 4.78 is 4.74. The molecule has 0 bridgehead atoms. The van der Waals surface area contributed by atoms with E-state index in [1.807, 2.05) is 0 Å². The number of hydrogen-bond acceptors (Lipinski definition) is 3. The Morgan fingerprint density at radius 2 is 2.00 bits per heavy atom. The van der Waals surface area contributed by atoms with Crippen molar-refractivity contribution in [2.24, 2.45) is 0 Å². The molecular formula is C7H13NO4. The second-order valence-electron chi connectivity index (χ2n) is 2.58. The van der Waals surface area contributed by atoms with Crippen LogP contribution in [0.2, 0.25) is 0 Å². The lowest BCUT2D eigenvalue weighted by molar-refractivity contribution is -0.152. The van der Waals surface area contributed by atoms with Crippen LogP contribution in [0, 0.1) is 0 Å². The van der Waals surface area contributed by atoms with Crippen LogP contribution in [0.15, 0.2) is 0 Å². The van der Waals surface area contributed by atoms with Crippen molar-refractivity contribution in [2.45, 2.75) is 13.0 Å². The third-order valence-electron chi connectivity index (χ3n) is 1.30. The van der Waals surface area contributed by atoms with Crippen molar-refractivity contribution in [3.05, 3.63) is 0 Å². The zero-order valence-corrected chi connectivity index (χ0v) is 7.40. The number of hydrogen-bond donors (Lipinski definition) is 1. The maximum atomic E-state index is 10.9. The first kappa shape index (κ1) is 10.9. The smallest absolute Gasteiger partial charge is 0.332 e. The second-order valence-corrected chi connectivity index (χ2v) is 2.58. The quantitative estimate of drug-likeness (QED) is 0.629. The largest absolute Gasteiger partial charge is 0.479 e. The van der Waals surface area contributed by atoms with E-state index in [0.29, 0.717) is 0 Å². The monoisotopic (exact) mass is 175 g/mol. The van der Waals surface area contributed by atoms with E-state index >= 15 is 0 Å². The second kappa shape index (κ2) is 4.71. The molecule has 0 aromatic heterocycles. The SMILES string of the molecule is CC(OCC(=O)N(C)C)C(=O)O. The van der Waals surface area contributed by atoms with Gasteiger partial charge in [-0.1, -0.05) is 0 Å². The van der Waals surface area contributed by atoms with Crippen LogP contribution in [-0.2, 0) is 14.3 Å². The first-order chi connectivity index (χ1) is 5.45. The van der Waals surface area contributed by atoms with E-state index in [4.69, 9.17) is 9.84 Å². The van der Waals surface area contributed by atoms with Crippen LogP contribution in [0.4, 0.5) is 0 Å². The van der Waals surface area contributed by atoms with Gasteiger partial charge < -0.3 is 14.7 Å². The van der Waals surface area contributed by atoms with E-state index < -0.39 is 12.1 Å². The molecule has 5 heteroatoms. The van der Waals surface area contributed by atoms with Gasteiger partial charge in [0.15, 0.2) is 6.10 Å². The van der Waals surface area contributed by atoms with Crippen molar-refractivity contribution in [2.75, 3.05) is 20.7 Å². The summed E-state index contributed by atoms with van der Waals surface area (Å²) in [7, 11) is 3.16. The van der Waals surface area contributed by atoms with Gasteiger partial charge in [0.1, 0.15) is 6.61 Å². The number of ether oxygens (including phenoxy) is 1. The van der Waals surface area contributed by atoms with E-state index in [1.165, 1.54) is 11.8 Å². The summed E-state index contributed by atoms with van der Waals surface area (Å²) in [5.74, 6) is -1.32. The van der Waals surface area contributed by atoms with Crippen LogP contribution in [-0.4, -0.2) is 48.7 Å². The maximum Gasteiger partial charge on any atom is 0.332 e. The summed E-state index contributed by atoms with van der Waals surface area (Å²) >= 11 is 0. The summed E-state index contributed by atoms with van der Waals surface area (Å²) in [4.78, 5) is 22.5. The van der Waals surface area contributed by atoms with Gasteiger partial charge in [-0.25, -0.2) is 4.79 Å². The minimum Gasteiger partial charge on any atom is -0.479 e. The van der Waals surface area contributed by atoms with Crippen molar-refractivity contribution in [3.63, 3.8) is 0 Å². The number of likely N-dealkylation sites (N-methyl/N-ethyl adjacent to an activating group) is 1. The van der Waals surface area contributed by atoms with Gasteiger partial charge in [-0.3, -0.25) is 4.79 Å². The molecule has 0 aliphatic heterocycles. The average molecular weight is 175 g/mol. The molecule has 0 saturated heterocycles. The molecule has 0 saturated carbocycles. The van der Waals surface area contributed by atoms with Gasteiger partial charge in [0.25, 0.3) is 0 Å². The van der Waals surface area contributed by atoms with Crippen molar-refractivity contribution >= 4 is 11.9 Å². The molecular weight excluding hydrogens is 162 g/mol. The first-order valence-electron chi connectivity index (χ1n) is 3.49. The Morgan fingerprint density at radius 1 is 1.50 bits per heavy atom. The molecule has 12 heavy (non-hydrogen) atoms. The third kappa shape index (κ3) is 3.92. The van der Waals surface area contributed by atoms with Gasteiger partial charge in [0.05, 0.1) is 0 Å². The molecule has 0 aliphatic carbocycles. The molecule has 0 aromatic carbocycles. The number of amides is 1. The Morgan fingerprint density at radius 3 is 2.33 bits per heavy atom. The van der Waals surface area contributed by atoms with Gasteiger partial charge in [-0.2, -0.15) is 0 Å². The van der Waals surface area contributed by atoms with Gasteiger partial charge >= 0.3 is 5.97 Å². The highest BCUT2D eigenvalue weighted by Gasteiger charge is 2.13. The summed E-state index contributed by atoms with van der Waals surface area (Å²) in [6, 6.07) is 0. The van der Waals surface area contributed by atoms with Crippen molar-refractivity contribution < 1.29 is 19.4 Å². The molecule has 0 fully saturated rings. The Bertz CT molecular complexity index is 178. The highest BCUT2D eigenvalue weighted by molar-refractivity contribution is 5.77. The highest BCUT2D eigenvalue weighted by atomic mass is 16.5. The van der Waals surface area contributed by atoms with Gasteiger partial charge in [-0.05, 0) is 6.92 Å². The van der Waals surface area contributed by atoms with Crippen LogP contribution in [0.5, 0.6) is 0 Å². The predicted molar refractivity (Wildman–Crippen MR) is 41.7 cm³/mol. The van der Waals surface area contributed by atoms with Gasteiger partial charge in [0, 0.05) is 14.1 Å². The number of nitrogens with zero attached hydrogens (tertiary/aromatic N) is 1. The fourth-order valence-electron chi connectivity index (χ4n) is 0.397. The molecule has 0 rings (SSSR count). The van der Waals surface area contributed by atoms with Crippen LogP contribution in [0.3, 0.4) is 0 Å². The fourth-order valence-corrected chi connectivity index (χ4v) is 0.397. The first-order valence-corrected chi connectivity index (χ1v) is 3.49. The summed E-state index contributed by atoms with van der Waals surface area (Å²) in [6.45, 7) is 1.19. The highest BCUT2D eigenvalue weighted by Crippen LogP contribution is 1.91. The number of carboxylic acid groups (broad SMARTS) is 1. The topological polar surface area (TPSA) is 66.8 Å². The molecule has 1 unspecified atom stereocenters. The molecule has 0 spiro atoms. The Kier molecular flexibility index (Phi) is 4.28. The third-order valence-corrected chi connectivity index (χ3v) is 1.30. The molecule has 1 N–H and O–H groups in total. The molecule has 1 amide bonds. The van der Waals surface area contributed by atoms with Crippen molar-refractivity contribution in [1.82, 2.24) is 4.90 Å². The normalized spacial score (nSPS) is 12.2. The standard InChI is InChI=1S/C7H13NO4/c1-5(7(10)11)12-4-6(9)8(2)3/h5H,4H2,1-3H3,(H,10,11). The zero-order chi connectivity index (χ0) is 9.72. The number of carbonyl (C=O) groups excluding carboxylic acids is 1. The summed E-state index contributed by atoms with van der Waals surface area (Å²) in [5.41, 5.74) is 0. The Labute approximate surface area is 70.9 Å². The number of aliphatic carboxylic acids is 1. The molecule has 70 valence electrons. The molecule has 0 aromatic rings. The lowest BCUT2D eigenvalue weighted by atomic mass is 10.4. The Hall–Kier alpha value is -1.10. The lowest BCUT2D eigenvalue weighted by Gasteiger charge is -2.12. The zero-order valence-electron chi connectivity index (χ0n) is 7.40. The Balaban J connectivity index is 3.69. The maximum absolute atomic E-state index is 10.9. The van der Waals surface area contributed by atoms with Crippen molar-refractivity contribution in [3.8, 4) is 0 Å². The van der Waals surface area contributed by atoms with Crippen LogP contribution < -0.4 is 0 Å². The van der Waals surface area contributed by atoms with Crippen molar-refractivity contribution in [1.29, 1.82) is 0 Å². The van der Waals surface area contributed by atoms with E-state index in [9.17, 15) is 9.59 Å². The van der Waals surface area contributed by atoms with E-state index in [0.717, 1.165) is 0 Å². The fraction of sp³-hybridized carbons (Fsp3) is 0.714. The molecule has 0 heterocycles. The van der Waals surface area contributed by atoms with Crippen LogP contribution in [0.25, 0.3) is 0 Å². The molecule has 1 atom stereocenters. The molecule has 0 aliphatic rings. The minimum atomic E-state index is -1.07. The average Bonchev–Trinajstić information content (AvgIpc) is 1.98. The van der Waals surface area contributed by atoms with Crippen LogP contribution in [0.1, 0.15) is 6.92 Å². The molecule has 5 nitrogen and oxygen atoms in total. The van der Waals surface area contributed by atoms with E-state index in [-0.39, 0.29) is 12.5 Å². The number of rotatable bonds is 4. The lowest BCUT2D eigenvalue weighted by Crippen LogP contribution is -2.30. The number of carboxylic acids is 1. The van der Waals surface area contributed by atoms with Crippen LogP contribution >= 0.6 is 0 Å². The van der Waals surface area contributed by atoms with E-state index in [1.54, 1.807) is 14.1 Å². The number of carbonyl (C=O) groups is 2.